The van der Waals surface area contributed by atoms with Gasteiger partial charge in [0.2, 0.25) is 23.0 Å². The first-order valence-electron chi connectivity index (χ1n) is 10.3. The van der Waals surface area contributed by atoms with E-state index in [0.29, 0.717) is 42.6 Å². The maximum absolute atomic E-state index is 13.9. The average molecular weight is 422 g/mol. The Morgan fingerprint density at radius 1 is 0.767 bits per heavy atom. The van der Waals surface area contributed by atoms with Crippen molar-refractivity contribution in [2.75, 3.05) is 26.9 Å². The molecule has 0 saturated carbocycles. The first-order chi connectivity index (χ1) is 14.7. The minimum absolute atomic E-state index is 0.0391. The van der Waals surface area contributed by atoms with Gasteiger partial charge in [0, 0.05) is 11.6 Å². The highest BCUT2D eigenvalue weighted by Gasteiger charge is 2.31. The number of halogens is 1. The van der Waals surface area contributed by atoms with E-state index in [0.717, 1.165) is 19.3 Å². The second kappa shape index (κ2) is 12.8. The molecule has 6 nitrogen and oxygen atoms in total. The molecule has 0 saturated heterocycles. The highest BCUT2D eigenvalue weighted by atomic mass is 19.3. The van der Waals surface area contributed by atoms with E-state index in [4.69, 9.17) is 23.7 Å². The molecule has 0 amide bonds. The fourth-order valence-electron chi connectivity index (χ4n) is 2.82. The van der Waals surface area contributed by atoms with Crippen LogP contribution in [0, 0.1) is 0 Å². The molecule has 166 valence electrons. The molecule has 0 spiro atoms. The summed E-state index contributed by atoms with van der Waals surface area (Å²) >= 11 is 0. The van der Waals surface area contributed by atoms with Gasteiger partial charge in [0.25, 0.3) is 0 Å². The van der Waals surface area contributed by atoms with Crippen LogP contribution in [-0.2, 0) is 11.3 Å². The molecule has 0 fully saturated rings. The lowest BCUT2D eigenvalue weighted by atomic mass is 10.1. The smallest absolute Gasteiger partial charge is 0.227 e. The van der Waals surface area contributed by atoms with Gasteiger partial charge in [-0.05, 0) is 31.9 Å². The molecule has 0 atom stereocenters. The van der Waals surface area contributed by atoms with Crippen LogP contribution in [-0.4, -0.2) is 26.9 Å². The van der Waals surface area contributed by atoms with Crippen molar-refractivity contribution in [1.82, 2.24) is 0 Å². The van der Waals surface area contributed by atoms with Gasteiger partial charge < -0.3 is 23.7 Å². The Balaban J connectivity index is 2.72. The second-order valence-corrected chi connectivity index (χ2v) is 6.53. The summed E-state index contributed by atoms with van der Waals surface area (Å²) in [7, 11) is 1.51. The standard InChI is InChI=1S/C23H31FO6/c1-5-8-15-28-22-21(27-14-6-2)19(26-7-3)18(16-25-4)20(30-24)23(22)29-17-12-10-9-11-13-17/h9-13H,5-8,14-16H2,1-4H3. The van der Waals surface area contributed by atoms with E-state index < -0.39 is 0 Å². The Hall–Kier alpha value is -2.67. The van der Waals surface area contributed by atoms with Gasteiger partial charge in [-0.3, -0.25) is 4.94 Å². The summed E-state index contributed by atoms with van der Waals surface area (Å²) in [5.74, 6) is 1.36. The van der Waals surface area contributed by atoms with Crippen LogP contribution in [0.4, 0.5) is 4.53 Å². The van der Waals surface area contributed by atoms with Crippen LogP contribution in [0.3, 0.4) is 0 Å². The van der Waals surface area contributed by atoms with Gasteiger partial charge in [-0.1, -0.05) is 38.5 Å². The molecule has 0 aliphatic heterocycles. The van der Waals surface area contributed by atoms with E-state index in [1.165, 1.54) is 7.11 Å². The molecule has 30 heavy (non-hydrogen) atoms. The zero-order chi connectivity index (χ0) is 21.8. The zero-order valence-corrected chi connectivity index (χ0v) is 18.2. The Labute approximate surface area is 177 Å². The molecule has 0 unspecified atom stereocenters. The van der Waals surface area contributed by atoms with Gasteiger partial charge in [0.05, 0.1) is 32.0 Å². The molecule has 7 heteroatoms. The normalized spacial score (nSPS) is 10.6. The number of para-hydroxylation sites is 1. The Kier molecular flexibility index (Phi) is 10.1. The first-order valence-corrected chi connectivity index (χ1v) is 10.3. The fourth-order valence-corrected chi connectivity index (χ4v) is 2.82. The van der Waals surface area contributed by atoms with Crippen molar-refractivity contribution in [3.63, 3.8) is 0 Å². The molecule has 0 radical (unpaired) electrons. The largest absolute Gasteiger partial charge is 0.489 e. The van der Waals surface area contributed by atoms with Crippen LogP contribution in [0.25, 0.3) is 0 Å². The number of hydrogen-bond acceptors (Lipinski definition) is 6. The van der Waals surface area contributed by atoms with E-state index in [1.807, 2.05) is 32.0 Å². The van der Waals surface area contributed by atoms with E-state index >= 15 is 0 Å². The van der Waals surface area contributed by atoms with Crippen molar-refractivity contribution >= 4 is 0 Å². The van der Waals surface area contributed by atoms with Crippen LogP contribution in [0.1, 0.15) is 45.6 Å². The van der Waals surface area contributed by atoms with E-state index in [9.17, 15) is 4.53 Å². The monoisotopic (exact) mass is 422 g/mol. The third-order valence-corrected chi connectivity index (χ3v) is 4.19. The summed E-state index contributed by atoms with van der Waals surface area (Å²) in [5.41, 5.74) is 0.349. The minimum Gasteiger partial charge on any atom is -0.489 e. The average Bonchev–Trinajstić information content (AvgIpc) is 2.76. The number of methoxy groups -OCH3 is 1. The predicted molar refractivity (Wildman–Crippen MR) is 113 cm³/mol. The maximum Gasteiger partial charge on any atom is 0.227 e. The Morgan fingerprint density at radius 2 is 1.47 bits per heavy atom. The van der Waals surface area contributed by atoms with Crippen molar-refractivity contribution < 1.29 is 33.2 Å². The lowest BCUT2D eigenvalue weighted by molar-refractivity contribution is -0.0125. The third kappa shape index (κ3) is 5.92. The minimum atomic E-state index is -0.153. The van der Waals surface area contributed by atoms with Crippen LogP contribution in [0.15, 0.2) is 30.3 Å². The quantitative estimate of drug-likeness (QED) is 0.335. The second-order valence-electron chi connectivity index (χ2n) is 6.53. The van der Waals surface area contributed by atoms with Crippen molar-refractivity contribution in [3.05, 3.63) is 35.9 Å². The number of hydrogen-bond donors (Lipinski definition) is 0. The summed E-state index contributed by atoms with van der Waals surface area (Å²) in [6, 6.07) is 9.03. The van der Waals surface area contributed by atoms with Crippen molar-refractivity contribution in [2.24, 2.45) is 0 Å². The predicted octanol–water partition coefficient (Wildman–Crippen LogP) is 6.26. The molecule has 0 bridgehead atoms. The highest BCUT2D eigenvalue weighted by Crippen LogP contribution is 2.55. The Morgan fingerprint density at radius 3 is 2.07 bits per heavy atom. The van der Waals surface area contributed by atoms with Crippen molar-refractivity contribution in [3.8, 4) is 34.5 Å². The zero-order valence-electron chi connectivity index (χ0n) is 18.2. The molecule has 0 aliphatic rings. The molecular weight excluding hydrogens is 391 g/mol. The summed E-state index contributed by atoms with van der Waals surface area (Å²) < 4.78 is 43.0. The van der Waals surface area contributed by atoms with Gasteiger partial charge >= 0.3 is 0 Å². The van der Waals surface area contributed by atoms with E-state index in [2.05, 4.69) is 11.9 Å². The third-order valence-electron chi connectivity index (χ3n) is 4.19. The number of ether oxygens (including phenoxy) is 5. The topological polar surface area (TPSA) is 55.4 Å². The SMILES string of the molecule is CCCCOc1c(OCCC)c(OCC)c(COC)c(OF)c1Oc1ccccc1. The number of unbranched alkanes of at least 4 members (excludes halogenated alkanes) is 1. The molecule has 0 aromatic heterocycles. The van der Waals surface area contributed by atoms with Crippen LogP contribution >= 0.6 is 0 Å². The molecule has 0 N–H and O–H groups in total. The van der Waals surface area contributed by atoms with Crippen LogP contribution < -0.4 is 23.9 Å². The molecule has 2 rings (SSSR count). The van der Waals surface area contributed by atoms with Crippen LogP contribution in [0.2, 0.25) is 0 Å². The molecular formula is C23H31FO6. The van der Waals surface area contributed by atoms with E-state index in [-0.39, 0.29) is 23.9 Å². The first kappa shape index (κ1) is 23.6. The number of benzene rings is 2. The summed E-state index contributed by atoms with van der Waals surface area (Å²) in [4.78, 5) is 4.27. The van der Waals surface area contributed by atoms with Crippen molar-refractivity contribution in [1.29, 1.82) is 0 Å². The summed E-state index contributed by atoms with van der Waals surface area (Å²) in [6.45, 7) is 7.11. The van der Waals surface area contributed by atoms with Gasteiger partial charge in [0.15, 0.2) is 5.75 Å². The van der Waals surface area contributed by atoms with Gasteiger partial charge in [-0.2, -0.15) is 0 Å². The summed E-state index contributed by atoms with van der Waals surface area (Å²) in [6.07, 6.45) is 2.52. The van der Waals surface area contributed by atoms with E-state index in [1.54, 1.807) is 12.1 Å². The lowest BCUT2D eigenvalue weighted by Crippen LogP contribution is -2.10. The molecule has 0 aliphatic carbocycles. The van der Waals surface area contributed by atoms with Crippen LogP contribution in [0.5, 0.6) is 34.5 Å². The highest BCUT2D eigenvalue weighted by molar-refractivity contribution is 5.70. The lowest BCUT2D eigenvalue weighted by Gasteiger charge is -2.23. The summed E-state index contributed by atoms with van der Waals surface area (Å²) in [5, 5.41) is 0. The number of rotatable bonds is 14. The maximum atomic E-state index is 13.9. The molecule has 0 heterocycles. The van der Waals surface area contributed by atoms with Crippen molar-refractivity contribution in [2.45, 2.75) is 46.6 Å². The van der Waals surface area contributed by atoms with Gasteiger partial charge in [0.1, 0.15) is 5.75 Å². The van der Waals surface area contributed by atoms with Gasteiger partial charge in [-0.25, -0.2) is 0 Å². The molecule has 2 aromatic carbocycles. The fraction of sp³-hybridized carbons (Fsp3) is 0.478. The molecule has 2 aromatic rings. The Bertz CT molecular complexity index is 766. The van der Waals surface area contributed by atoms with Gasteiger partial charge in [-0.15, -0.1) is 0 Å².